The van der Waals surface area contributed by atoms with E-state index in [0.717, 1.165) is 11.6 Å². The van der Waals surface area contributed by atoms with Gasteiger partial charge in [0.25, 0.3) is 0 Å². The third kappa shape index (κ3) is 4.68. The van der Waals surface area contributed by atoms with Crippen LogP contribution in [0.5, 0.6) is 0 Å². The number of nitrogens with zero attached hydrogens (tertiary/aromatic N) is 2. The summed E-state index contributed by atoms with van der Waals surface area (Å²) in [5, 5.41) is 0. The lowest BCUT2D eigenvalue weighted by molar-refractivity contribution is -0.138. The molecule has 0 bridgehead atoms. The molecule has 0 amide bonds. The summed E-state index contributed by atoms with van der Waals surface area (Å²) in [6, 6.07) is 10.0. The Hall–Kier alpha value is -2.65. The first-order valence-electron chi connectivity index (χ1n) is 8.82. The number of sulfonamides is 1. The molecule has 0 fully saturated rings. The summed E-state index contributed by atoms with van der Waals surface area (Å²) in [7, 11) is -0.566. The van der Waals surface area contributed by atoms with Crippen molar-refractivity contribution < 1.29 is 21.6 Å². The number of benzene rings is 2. The van der Waals surface area contributed by atoms with Crippen molar-refractivity contribution in [3.8, 4) is 11.3 Å². The van der Waals surface area contributed by atoms with Crippen LogP contribution in [-0.2, 0) is 36.1 Å². The summed E-state index contributed by atoms with van der Waals surface area (Å²) in [5.74, 6) is 0. The van der Waals surface area contributed by atoms with Gasteiger partial charge in [-0.25, -0.2) is 18.1 Å². The first-order chi connectivity index (χ1) is 13.6. The lowest BCUT2D eigenvalue weighted by atomic mass is 9.96. The highest BCUT2D eigenvalue weighted by Crippen LogP contribution is 2.33. The zero-order valence-electron chi connectivity index (χ0n) is 15.9. The third-order valence-electron chi connectivity index (χ3n) is 4.63. The molecule has 1 N–H and O–H groups in total. The van der Waals surface area contributed by atoms with Gasteiger partial charge in [-0.3, -0.25) is 0 Å². The van der Waals surface area contributed by atoms with Crippen LogP contribution in [0, 0.1) is 0 Å². The van der Waals surface area contributed by atoms with Crippen LogP contribution < -0.4 is 4.72 Å². The Bertz CT molecular complexity index is 1120. The molecule has 0 saturated carbocycles. The molecule has 0 radical (unpaired) electrons. The van der Waals surface area contributed by atoms with E-state index in [-0.39, 0.29) is 16.9 Å². The molecular weight excluding hydrogens is 403 g/mol. The first kappa shape index (κ1) is 21.1. The number of halogens is 3. The second-order valence-corrected chi connectivity index (χ2v) is 8.49. The summed E-state index contributed by atoms with van der Waals surface area (Å²) < 4.78 is 68.1. The molecule has 1 aromatic heterocycles. The van der Waals surface area contributed by atoms with E-state index in [4.69, 9.17) is 0 Å². The standard InChI is InChI=1S/C20H20F3N3O2S/c1-24-29(27,28)16-10-9-14(17(11-16)19-12-26(2)13-25-19)7-8-15-5-3-4-6-18(15)20(21,22)23/h3-6,9-13,24H,7-8H2,1-2H3. The van der Waals surface area contributed by atoms with Crippen LogP contribution in [0.3, 0.4) is 0 Å². The molecule has 9 heteroatoms. The predicted molar refractivity (Wildman–Crippen MR) is 104 cm³/mol. The molecule has 0 aliphatic carbocycles. The fourth-order valence-corrected chi connectivity index (χ4v) is 3.89. The quantitative estimate of drug-likeness (QED) is 0.656. The number of aromatic nitrogens is 2. The highest BCUT2D eigenvalue weighted by molar-refractivity contribution is 7.89. The Kier molecular flexibility index (Phi) is 5.81. The zero-order chi connectivity index (χ0) is 21.2. The van der Waals surface area contributed by atoms with Gasteiger partial charge in [0.15, 0.2) is 0 Å². The summed E-state index contributed by atoms with van der Waals surface area (Å²) in [5.41, 5.74) is 1.38. The number of alkyl halides is 3. The van der Waals surface area contributed by atoms with Crippen LogP contribution in [0.2, 0.25) is 0 Å². The Labute approximate surface area is 167 Å². The molecule has 0 unspecified atom stereocenters. The van der Waals surface area contributed by atoms with Crippen LogP contribution in [0.4, 0.5) is 13.2 Å². The fraction of sp³-hybridized carbons (Fsp3) is 0.250. The van der Waals surface area contributed by atoms with Crippen molar-refractivity contribution in [2.75, 3.05) is 7.05 Å². The molecule has 1 heterocycles. The lowest BCUT2D eigenvalue weighted by Crippen LogP contribution is -2.18. The molecule has 3 rings (SSSR count). The highest BCUT2D eigenvalue weighted by atomic mass is 32.2. The third-order valence-corrected chi connectivity index (χ3v) is 6.04. The highest BCUT2D eigenvalue weighted by Gasteiger charge is 2.32. The Morgan fingerprint density at radius 1 is 1.07 bits per heavy atom. The Morgan fingerprint density at radius 3 is 2.38 bits per heavy atom. The van der Waals surface area contributed by atoms with Gasteiger partial charge >= 0.3 is 6.18 Å². The Morgan fingerprint density at radius 2 is 1.76 bits per heavy atom. The van der Waals surface area contributed by atoms with Crippen molar-refractivity contribution in [1.29, 1.82) is 0 Å². The zero-order valence-corrected chi connectivity index (χ0v) is 16.7. The summed E-state index contributed by atoms with van der Waals surface area (Å²) in [6.45, 7) is 0. The maximum atomic E-state index is 13.3. The van der Waals surface area contributed by atoms with Crippen molar-refractivity contribution in [3.63, 3.8) is 0 Å². The summed E-state index contributed by atoms with van der Waals surface area (Å²) in [6.07, 6.45) is -0.646. The fourth-order valence-electron chi connectivity index (χ4n) is 3.13. The largest absolute Gasteiger partial charge is 0.416 e. The minimum Gasteiger partial charge on any atom is -0.340 e. The van der Waals surface area contributed by atoms with Gasteiger partial charge in [0.2, 0.25) is 10.0 Å². The van der Waals surface area contributed by atoms with Gasteiger partial charge in [0.1, 0.15) is 0 Å². The van der Waals surface area contributed by atoms with Gasteiger partial charge in [-0.1, -0.05) is 24.3 Å². The smallest absolute Gasteiger partial charge is 0.340 e. The van der Waals surface area contributed by atoms with Crippen LogP contribution >= 0.6 is 0 Å². The average molecular weight is 423 g/mol. The number of aryl methyl sites for hydroxylation is 3. The van der Waals surface area contributed by atoms with Crippen LogP contribution in [-0.4, -0.2) is 25.0 Å². The molecule has 0 aliphatic heterocycles. The topological polar surface area (TPSA) is 64.0 Å². The molecular formula is C20H20F3N3O2S. The molecule has 0 aliphatic rings. The van der Waals surface area contributed by atoms with Gasteiger partial charge in [0, 0.05) is 18.8 Å². The van der Waals surface area contributed by atoms with E-state index in [9.17, 15) is 21.6 Å². The van der Waals surface area contributed by atoms with E-state index in [2.05, 4.69) is 9.71 Å². The maximum absolute atomic E-state index is 13.3. The monoisotopic (exact) mass is 423 g/mol. The second kappa shape index (κ2) is 8.00. The van der Waals surface area contributed by atoms with Crippen molar-refractivity contribution in [2.24, 2.45) is 7.05 Å². The van der Waals surface area contributed by atoms with Crippen LogP contribution in [0.1, 0.15) is 16.7 Å². The molecule has 29 heavy (non-hydrogen) atoms. The molecule has 0 spiro atoms. The van der Waals surface area contributed by atoms with Gasteiger partial charge in [-0.05, 0) is 49.2 Å². The van der Waals surface area contributed by atoms with E-state index in [1.54, 1.807) is 36.3 Å². The normalized spacial score (nSPS) is 12.3. The minimum atomic E-state index is -4.43. The molecule has 0 saturated heterocycles. The van der Waals surface area contributed by atoms with Gasteiger partial charge < -0.3 is 4.57 Å². The number of hydrogen-bond donors (Lipinski definition) is 1. The maximum Gasteiger partial charge on any atom is 0.416 e. The van der Waals surface area contributed by atoms with E-state index >= 15 is 0 Å². The van der Waals surface area contributed by atoms with Crippen molar-refractivity contribution in [1.82, 2.24) is 14.3 Å². The minimum absolute atomic E-state index is 0.0695. The summed E-state index contributed by atoms with van der Waals surface area (Å²) >= 11 is 0. The van der Waals surface area contributed by atoms with Gasteiger partial charge in [-0.15, -0.1) is 0 Å². The second-order valence-electron chi connectivity index (χ2n) is 6.61. The molecule has 0 atom stereocenters. The SMILES string of the molecule is CNS(=O)(=O)c1ccc(CCc2ccccc2C(F)(F)F)c(-c2cn(C)cn2)c1. The summed E-state index contributed by atoms with van der Waals surface area (Å²) in [4.78, 5) is 4.34. The lowest BCUT2D eigenvalue weighted by Gasteiger charge is -2.14. The van der Waals surface area contributed by atoms with Crippen molar-refractivity contribution in [2.45, 2.75) is 23.9 Å². The van der Waals surface area contributed by atoms with Crippen LogP contribution in [0.25, 0.3) is 11.3 Å². The first-order valence-corrected chi connectivity index (χ1v) is 10.3. The Balaban J connectivity index is 2.00. The van der Waals surface area contributed by atoms with E-state index in [1.165, 1.54) is 31.3 Å². The molecule has 154 valence electrons. The number of imidazole rings is 1. The molecule has 5 nitrogen and oxygen atoms in total. The van der Waals surface area contributed by atoms with Gasteiger partial charge in [0.05, 0.1) is 22.5 Å². The molecule has 3 aromatic rings. The number of rotatable bonds is 6. The number of nitrogens with one attached hydrogen (secondary N) is 1. The van der Waals surface area contributed by atoms with E-state index in [0.29, 0.717) is 17.7 Å². The average Bonchev–Trinajstić information content (AvgIpc) is 3.12. The van der Waals surface area contributed by atoms with E-state index in [1.807, 2.05) is 0 Å². The van der Waals surface area contributed by atoms with E-state index < -0.39 is 21.8 Å². The predicted octanol–water partition coefficient (Wildman–Crippen LogP) is 3.80. The van der Waals surface area contributed by atoms with Crippen LogP contribution in [0.15, 0.2) is 59.9 Å². The molecule has 2 aromatic carbocycles. The van der Waals surface area contributed by atoms with Crippen molar-refractivity contribution in [3.05, 3.63) is 71.7 Å². The number of hydrogen-bond acceptors (Lipinski definition) is 3. The van der Waals surface area contributed by atoms with Crippen molar-refractivity contribution >= 4 is 10.0 Å². The van der Waals surface area contributed by atoms with Gasteiger partial charge in [-0.2, -0.15) is 13.2 Å².